The van der Waals surface area contributed by atoms with E-state index in [0.29, 0.717) is 42.5 Å². The average molecular weight is 444 g/mol. The van der Waals surface area contributed by atoms with Crippen molar-refractivity contribution < 1.29 is 9.47 Å². The standard InChI is InChI=1S/C21H20N10O2/c1-32-18-12-14(6-7-17(18)33-11-10-30-9-8-25-29-30)26-20-23-13-24-21(28-20)31-16-5-3-2-4-15(16)27-19(31)22/h2-9,12-13H,10-11H2,1H3,(H2,22,27)(H,23,24,26,28). The first-order valence-electron chi connectivity index (χ1n) is 10.1. The summed E-state index contributed by atoms with van der Waals surface area (Å²) in [5, 5.41) is 10.8. The molecular weight excluding hydrogens is 424 g/mol. The maximum absolute atomic E-state index is 6.11. The van der Waals surface area contributed by atoms with Gasteiger partial charge in [0.1, 0.15) is 12.9 Å². The molecular formula is C21H20N10O2. The molecule has 0 aliphatic heterocycles. The van der Waals surface area contributed by atoms with E-state index in [0.717, 1.165) is 16.7 Å². The van der Waals surface area contributed by atoms with Crippen LogP contribution in [0, 0.1) is 0 Å². The number of para-hydroxylation sites is 2. The molecule has 5 aromatic rings. The highest BCUT2D eigenvalue weighted by Crippen LogP contribution is 2.31. The molecule has 0 atom stereocenters. The van der Waals surface area contributed by atoms with Crippen LogP contribution in [0.1, 0.15) is 0 Å². The fraction of sp³-hybridized carbons (Fsp3) is 0.143. The lowest BCUT2D eigenvalue weighted by Crippen LogP contribution is -2.09. The molecule has 3 aromatic heterocycles. The monoisotopic (exact) mass is 444 g/mol. The predicted molar refractivity (Wildman–Crippen MR) is 121 cm³/mol. The van der Waals surface area contributed by atoms with Crippen LogP contribution >= 0.6 is 0 Å². The molecule has 5 rings (SSSR count). The number of benzene rings is 2. The van der Waals surface area contributed by atoms with Crippen molar-refractivity contribution in [2.75, 3.05) is 24.8 Å². The summed E-state index contributed by atoms with van der Waals surface area (Å²) in [5.41, 5.74) is 8.39. The Morgan fingerprint density at radius 2 is 1.97 bits per heavy atom. The summed E-state index contributed by atoms with van der Waals surface area (Å²) in [6, 6.07) is 13.0. The van der Waals surface area contributed by atoms with Gasteiger partial charge in [-0.15, -0.1) is 5.10 Å². The zero-order chi connectivity index (χ0) is 22.6. The van der Waals surface area contributed by atoms with E-state index in [1.54, 1.807) is 34.8 Å². The van der Waals surface area contributed by atoms with E-state index in [9.17, 15) is 0 Å². The summed E-state index contributed by atoms with van der Waals surface area (Å²) < 4.78 is 14.7. The third-order valence-electron chi connectivity index (χ3n) is 4.82. The van der Waals surface area contributed by atoms with E-state index in [2.05, 4.69) is 35.6 Å². The van der Waals surface area contributed by atoms with Crippen LogP contribution in [0.25, 0.3) is 17.0 Å². The van der Waals surface area contributed by atoms with Gasteiger partial charge in [0, 0.05) is 18.0 Å². The Morgan fingerprint density at radius 1 is 1.06 bits per heavy atom. The molecule has 12 nitrogen and oxygen atoms in total. The average Bonchev–Trinajstić information content (AvgIpc) is 3.47. The van der Waals surface area contributed by atoms with Crippen LogP contribution in [0.5, 0.6) is 11.5 Å². The van der Waals surface area contributed by atoms with E-state index in [1.807, 2.05) is 36.4 Å². The van der Waals surface area contributed by atoms with E-state index < -0.39 is 0 Å². The van der Waals surface area contributed by atoms with Crippen LogP contribution < -0.4 is 20.5 Å². The second-order valence-electron chi connectivity index (χ2n) is 6.91. The van der Waals surface area contributed by atoms with E-state index in [4.69, 9.17) is 15.2 Å². The lowest BCUT2D eigenvalue weighted by molar-refractivity contribution is 0.273. The number of imidazole rings is 1. The minimum absolute atomic E-state index is 0.294. The predicted octanol–water partition coefficient (Wildman–Crippen LogP) is 2.22. The molecule has 0 fully saturated rings. The molecule has 0 saturated carbocycles. The summed E-state index contributed by atoms with van der Waals surface area (Å²) >= 11 is 0. The maximum atomic E-state index is 6.11. The minimum Gasteiger partial charge on any atom is -0.493 e. The topological polar surface area (TPSA) is 144 Å². The fourth-order valence-electron chi connectivity index (χ4n) is 3.31. The molecule has 3 heterocycles. The van der Waals surface area contributed by atoms with Gasteiger partial charge >= 0.3 is 0 Å². The smallest absolute Gasteiger partial charge is 0.241 e. The van der Waals surface area contributed by atoms with Gasteiger partial charge in [0.05, 0.1) is 30.9 Å². The molecule has 0 amide bonds. The first-order chi connectivity index (χ1) is 16.2. The Balaban J connectivity index is 1.34. The molecule has 166 valence electrons. The van der Waals surface area contributed by atoms with Gasteiger partial charge in [-0.25, -0.2) is 24.2 Å². The van der Waals surface area contributed by atoms with Crippen LogP contribution in [0.15, 0.2) is 61.2 Å². The highest BCUT2D eigenvalue weighted by Gasteiger charge is 2.13. The van der Waals surface area contributed by atoms with Gasteiger partial charge in [-0.1, -0.05) is 17.3 Å². The molecule has 0 saturated heterocycles. The quantitative estimate of drug-likeness (QED) is 0.365. The second-order valence-corrected chi connectivity index (χ2v) is 6.91. The molecule has 0 spiro atoms. The van der Waals surface area contributed by atoms with Crippen molar-refractivity contribution in [3.05, 3.63) is 61.2 Å². The molecule has 2 aromatic carbocycles. The zero-order valence-corrected chi connectivity index (χ0v) is 17.7. The highest BCUT2D eigenvalue weighted by molar-refractivity contribution is 5.80. The number of rotatable bonds is 8. The number of anilines is 3. The van der Waals surface area contributed by atoms with Gasteiger partial charge in [-0.3, -0.25) is 0 Å². The fourth-order valence-corrected chi connectivity index (χ4v) is 3.31. The molecule has 0 bridgehead atoms. The number of ether oxygens (including phenoxy) is 2. The van der Waals surface area contributed by atoms with E-state index in [1.165, 1.54) is 6.33 Å². The van der Waals surface area contributed by atoms with Crippen molar-refractivity contribution in [2.24, 2.45) is 0 Å². The largest absolute Gasteiger partial charge is 0.493 e. The Morgan fingerprint density at radius 3 is 2.82 bits per heavy atom. The lowest BCUT2D eigenvalue weighted by atomic mass is 10.2. The number of nitrogens with one attached hydrogen (secondary N) is 1. The molecule has 33 heavy (non-hydrogen) atoms. The number of fused-ring (bicyclic) bond motifs is 1. The van der Waals surface area contributed by atoms with Crippen molar-refractivity contribution in [2.45, 2.75) is 6.54 Å². The van der Waals surface area contributed by atoms with Crippen molar-refractivity contribution in [3.63, 3.8) is 0 Å². The van der Waals surface area contributed by atoms with Gasteiger partial charge in [0.25, 0.3) is 0 Å². The third kappa shape index (κ3) is 4.21. The van der Waals surface area contributed by atoms with Crippen molar-refractivity contribution in [1.82, 2.24) is 39.5 Å². The molecule has 0 radical (unpaired) electrons. The first-order valence-corrected chi connectivity index (χ1v) is 10.1. The Labute approximate surface area is 188 Å². The number of hydrogen-bond donors (Lipinski definition) is 2. The summed E-state index contributed by atoms with van der Waals surface area (Å²) in [5.74, 6) is 2.18. The summed E-state index contributed by atoms with van der Waals surface area (Å²) in [4.78, 5) is 17.3. The molecule has 3 N–H and O–H groups in total. The third-order valence-corrected chi connectivity index (χ3v) is 4.82. The van der Waals surface area contributed by atoms with Crippen LogP contribution in [-0.2, 0) is 6.54 Å². The number of hydrogen-bond acceptors (Lipinski definition) is 10. The van der Waals surface area contributed by atoms with Gasteiger partial charge in [0.15, 0.2) is 11.5 Å². The lowest BCUT2D eigenvalue weighted by Gasteiger charge is -2.13. The van der Waals surface area contributed by atoms with Gasteiger partial charge in [-0.2, -0.15) is 4.98 Å². The Hall–Kier alpha value is -4.74. The number of methoxy groups -OCH3 is 1. The van der Waals surface area contributed by atoms with Crippen molar-refractivity contribution in [1.29, 1.82) is 0 Å². The van der Waals surface area contributed by atoms with Crippen LogP contribution in [-0.4, -0.2) is 53.2 Å². The number of aromatic nitrogens is 8. The SMILES string of the molecule is COc1cc(Nc2ncnc(-n3c(N)nc4ccccc43)n2)ccc1OCCn1ccnn1. The van der Waals surface area contributed by atoms with Gasteiger partial charge in [-0.05, 0) is 24.3 Å². The van der Waals surface area contributed by atoms with Crippen LogP contribution in [0.2, 0.25) is 0 Å². The van der Waals surface area contributed by atoms with Crippen molar-refractivity contribution in [3.8, 4) is 17.4 Å². The number of nitrogens with zero attached hydrogens (tertiary/aromatic N) is 8. The summed E-state index contributed by atoms with van der Waals surface area (Å²) in [6.07, 6.45) is 4.81. The van der Waals surface area contributed by atoms with Crippen LogP contribution in [0.4, 0.5) is 17.6 Å². The van der Waals surface area contributed by atoms with E-state index in [-0.39, 0.29) is 0 Å². The summed E-state index contributed by atoms with van der Waals surface area (Å²) in [7, 11) is 1.58. The maximum Gasteiger partial charge on any atom is 0.241 e. The second kappa shape index (κ2) is 8.78. The first kappa shape index (κ1) is 20.2. The number of nitrogens with two attached hydrogens (primary N) is 1. The van der Waals surface area contributed by atoms with Crippen LogP contribution in [0.3, 0.4) is 0 Å². The van der Waals surface area contributed by atoms with Gasteiger partial charge < -0.3 is 20.5 Å². The summed E-state index contributed by atoms with van der Waals surface area (Å²) in [6.45, 7) is 0.993. The van der Waals surface area contributed by atoms with Crippen molar-refractivity contribution >= 4 is 28.6 Å². The molecule has 12 heteroatoms. The molecule has 0 aliphatic carbocycles. The van der Waals surface area contributed by atoms with E-state index >= 15 is 0 Å². The zero-order valence-electron chi connectivity index (χ0n) is 17.7. The minimum atomic E-state index is 0.294. The highest BCUT2D eigenvalue weighted by atomic mass is 16.5. The Kier molecular flexibility index (Phi) is 5.37. The number of nitrogen functional groups attached to an aromatic ring is 1. The molecule has 0 unspecified atom stereocenters. The van der Waals surface area contributed by atoms with Gasteiger partial charge in [0.2, 0.25) is 17.8 Å². The molecule has 0 aliphatic rings. The Bertz CT molecular complexity index is 1380. The normalized spacial score (nSPS) is 10.9.